The van der Waals surface area contributed by atoms with Gasteiger partial charge in [0.15, 0.2) is 11.3 Å². The number of rotatable bonds is 4. The van der Waals surface area contributed by atoms with Crippen molar-refractivity contribution in [2.24, 2.45) is 0 Å². The maximum atomic E-state index is 11.9. The van der Waals surface area contributed by atoms with E-state index in [1.165, 1.54) is 24.3 Å². The first-order valence-corrected chi connectivity index (χ1v) is 6.65. The highest BCUT2D eigenvalue weighted by molar-refractivity contribution is 6.02. The summed E-state index contributed by atoms with van der Waals surface area (Å²) in [5.41, 5.74) is 0.181. The number of carbonyl (C=O) groups is 2. The number of amides is 1. The minimum absolute atomic E-state index is 0.132. The first-order valence-electron chi connectivity index (χ1n) is 6.65. The Morgan fingerprint density at radius 1 is 1.24 bits per heavy atom. The molecular weight excluding hydrogens is 270 g/mol. The van der Waals surface area contributed by atoms with Gasteiger partial charge < -0.3 is 4.74 Å². The third-order valence-electron chi connectivity index (χ3n) is 3.66. The van der Waals surface area contributed by atoms with Crippen molar-refractivity contribution in [2.45, 2.75) is 18.6 Å². The van der Waals surface area contributed by atoms with Crippen LogP contribution in [0.4, 0.5) is 0 Å². The fraction of sp³-hybridized carbons (Fsp3) is 0.250. The Hall–Kier alpha value is -2.40. The first-order chi connectivity index (χ1) is 10.2. The van der Waals surface area contributed by atoms with E-state index < -0.39 is 5.54 Å². The largest absolute Gasteiger partial charge is 0.498 e. The average Bonchev–Trinajstić information content (AvgIpc) is 2.50. The number of allylic oxidation sites excluding steroid dienone is 2. The Morgan fingerprint density at radius 2 is 2.00 bits per heavy atom. The molecular formula is C16H15NO4. The summed E-state index contributed by atoms with van der Waals surface area (Å²) in [6.45, 7) is 0.285. The predicted molar refractivity (Wildman–Crippen MR) is 74.7 cm³/mol. The van der Waals surface area contributed by atoms with Crippen molar-refractivity contribution < 1.29 is 19.2 Å². The highest BCUT2D eigenvalue weighted by atomic mass is 16.7. The quantitative estimate of drug-likeness (QED) is 0.791. The summed E-state index contributed by atoms with van der Waals surface area (Å²) in [5.74, 6) is 0.148. The second-order valence-corrected chi connectivity index (χ2v) is 5.00. The lowest BCUT2D eigenvalue weighted by Gasteiger charge is -2.49. The predicted octanol–water partition coefficient (Wildman–Crippen LogP) is 1.76. The van der Waals surface area contributed by atoms with E-state index in [1.807, 2.05) is 30.3 Å². The lowest BCUT2D eigenvalue weighted by Crippen LogP contribution is -2.64. The van der Waals surface area contributed by atoms with Gasteiger partial charge in [-0.3, -0.25) is 14.4 Å². The number of hydrogen-bond acceptors (Lipinski definition) is 4. The number of ether oxygens (including phenoxy) is 1. The molecule has 1 heterocycles. The molecule has 2 aliphatic rings. The molecule has 1 aliphatic carbocycles. The van der Waals surface area contributed by atoms with Crippen LogP contribution in [0.25, 0.3) is 0 Å². The van der Waals surface area contributed by atoms with E-state index in [2.05, 4.69) is 0 Å². The summed E-state index contributed by atoms with van der Waals surface area (Å²) >= 11 is 0. The van der Waals surface area contributed by atoms with Gasteiger partial charge in [0.1, 0.15) is 12.4 Å². The van der Waals surface area contributed by atoms with Gasteiger partial charge in [0.25, 0.3) is 5.91 Å². The minimum atomic E-state index is -0.783. The van der Waals surface area contributed by atoms with Crippen molar-refractivity contribution in [1.82, 2.24) is 5.06 Å². The lowest BCUT2D eigenvalue weighted by atomic mass is 9.80. The Balaban J connectivity index is 1.78. The van der Waals surface area contributed by atoms with Crippen LogP contribution in [0.1, 0.15) is 12.0 Å². The number of β-lactam (4-membered cyclic amide) rings is 1. The molecule has 0 bridgehead atoms. The molecule has 3 rings (SSSR count). The SMILES string of the molecule is COC1=CC(=O)C=C[C@]12CC(=O)N2OCc1ccccc1. The van der Waals surface area contributed by atoms with Crippen molar-refractivity contribution in [3.05, 3.63) is 59.9 Å². The fourth-order valence-electron chi connectivity index (χ4n) is 2.56. The van der Waals surface area contributed by atoms with Crippen LogP contribution < -0.4 is 0 Å². The smallest absolute Gasteiger partial charge is 0.250 e. The number of hydroxylamine groups is 2. The van der Waals surface area contributed by atoms with Gasteiger partial charge in [-0.05, 0) is 17.7 Å². The van der Waals surface area contributed by atoms with Crippen LogP contribution in [0.15, 0.2) is 54.3 Å². The number of methoxy groups -OCH3 is 1. The van der Waals surface area contributed by atoms with Gasteiger partial charge in [0.05, 0.1) is 13.5 Å². The number of carbonyl (C=O) groups excluding carboxylic acids is 2. The zero-order valence-electron chi connectivity index (χ0n) is 11.6. The van der Waals surface area contributed by atoms with E-state index in [0.717, 1.165) is 5.56 Å². The fourth-order valence-corrected chi connectivity index (χ4v) is 2.56. The van der Waals surface area contributed by atoms with Gasteiger partial charge in [0, 0.05) is 6.08 Å². The van der Waals surface area contributed by atoms with Crippen LogP contribution in [0.3, 0.4) is 0 Å². The Kier molecular flexibility index (Phi) is 3.35. The molecule has 0 radical (unpaired) electrons. The van der Waals surface area contributed by atoms with E-state index in [-0.39, 0.29) is 24.7 Å². The molecule has 1 aliphatic heterocycles. The molecule has 1 aromatic carbocycles. The second-order valence-electron chi connectivity index (χ2n) is 5.00. The summed E-state index contributed by atoms with van der Waals surface area (Å²) in [5, 5.41) is 1.29. The van der Waals surface area contributed by atoms with E-state index in [9.17, 15) is 9.59 Å². The third-order valence-corrected chi connectivity index (χ3v) is 3.66. The molecule has 1 amide bonds. The number of benzene rings is 1. The zero-order valence-corrected chi connectivity index (χ0v) is 11.6. The van der Waals surface area contributed by atoms with Crippen LogP contribution in [0.2, 0.25) is 0 Å². The van der Waals surface area contributed by atoms with Crippen molar-refractivity contribution in [3.63, 3.8) is 0 Å². The van der Waals surface area contributed by atoms with E-state index in [1.54, 1.807) is 6.08 Å². The van der Waals surface area contributed by atoms with Crippen molar-refractivity contribution in [1.29, 1.82) is 0 Å². The topological polar surface area (TPSA) is 55.8 Å². The molecule has 1 spiro atoms. The van der Waals surface area contributed by atoms with Gasteiger partial charge in [-0.25, -0.2) is 5.06 Å². The lowest BCUT2D eigenvalue weighted by molar-refractivity contribution is -0.249. The summed E-state index contributed by atoms with van der Waals surface area (Å²) < 4.78 is 5.27. The molecule has 0 N–H and O–H groups in total. The van der Waals surface area contributed by atoms with Crippen molar-refractivity contribution >= 4 is 11.7 Å². The molecule has 0 aromatic heterocycles. The maximum Gasteiger partial charge on any atom is 0.250 e. The molecule has 1 fully saturated rings. The van der Waals surface area contributed by atoms with Crippen LogP contribution >= 0.6 is 0 Å². The van der Waals surface area contributed by atoms with Crippen LogP contribution in [-0.4, -0.2) is 29.4 Å². The Bertz CT molecular complexity index is 635. The van der Waals surface area contributed by atoms with Crippen molar-refractivity contribution in [3.8, 4) is 0 Å². The molecule has 108 valence electrons. The second kappa shape index (κ2) is 5.18. The van der Waals surface area contributed by atoms with E-state index in [0.29, 0.717) is 5.76 Å². The Morgan fingerprint density at radius 3 is 2.67 bits per heavy atom. The maximum absolute atomic E-state index is 11.9. The number of nitrogens with zero attached hydrogens (tertiary/aromatic N) is 1. The highest BCUT2D eigenvalue weighted by Gasteiger charge is 2.55. The summed E-state index contributed by atoms with van der Waals surface area (Å²) in [6.07, 6.45) is 4.74. The summed E-state index contributed by atoms with van der Waals surface area (Å²) in [6, 6.07) is 9.58. The van der Waals surface area contributed by atoms with Crippen LogP contribution in [-0.2, 0) is 25.8 Å². The number of hydrogen-bond donors (Lipinski definition) is 0. The van der Waals surface area contributed by atoms with Gasteiger partial charge in [0.2, 0.25) is 0 Å². The summed E-state index contributed by atoms with van der Waals surface area (Å²) in [4.78, 5) is 28.9. The molecule has 1 saturated heterocycles. The molecule has 1 atom stereocenters. The van der Waals surface area contributed by atoms with E-state index >= 15 is 0 Å². The average molecular weight is 285 g/mol. The van der Waals surface area contributed by atoms with Crippen molar-refractivity contribution in [2.75, 3.05) is 7.11 Å². The van der Waals surface area contributed by atoms with Gasteiger partial charge in [-0.1, -0.05) is 30.3 Å². The Labute approximate surface area is 122 Å². The molecule has 5 heteroatoms. The highest BCUT2D eigenvalue weighted by Crippen LogP contribution is 2.42. The van der Waals surface area contributed by atoms with Gasteiger partial charge in [-0.2, -0.15) is 0 Å². The van der Waals surface area contributed by atoms with E-state index in [4.69, 9.17) is 9.57 Å². The minimum Gasteiger partial charge on any atom is -0.498 e. The molecule has 0 unspecified atom stereocenters. The monoisotopic (exact) mass is 285 g/mol. The van der Waals surface area contributed by atoms with Crippen LogP contribution in [0.5, 0.6) is 0 Å². The van der Waals surface area contributed by atoms with Gasteiger partial charge in [-0.15, -0.1) is 0 Å². The standard InChI is InChI=1S/C16H15NO4/c1-20-14-9-13(18)7-8-16(14)10-15(19)17(16)21-11-12-5-3-2-4-6-12/h2-9H,10-11H2,1H3/t16-/m0/s1. The molecule has 21 heavy (non-hydrogen) atoms. The first kappa shape index (κ1) is 13.6. The molecule has 5 nitrogen and oxygen atoms in total. The number of ketones is 1. The molecule has 1 aromatic rings. The molecule has 0 saturated carbocycles. The summed E-state index contributed by atoms with van der Waals surface area (Å²) in [7, 11) is 1.48. The third kappa shape index (κ3) is 2.25. The van der Waals surface area contributed by atoms with Crippen LogP contribution in [0, 0.1) is 0 Å². The van der Waals surface area contributed by atoms with Gasteiger partial charge >= 0.3 is 0 Å². The zero-order chi connectivity index (χ0) is 14.9. The normalized spacial score (nSPS) is 24.0.